The number of hydrogen-bond acceptors (Lipinski definition) is 14. The SMILES string of the molecule is CNC1CC(O)CNC(=O)C2C(O)C(C)CN2C(=O)C(C(O)CC(N)=O)NC(=O)C(C(O)C(C)c2ccc(C)c(C)c2)NC(=O)C2CC(O)CN2C(=O)C(C(C)O)NC1=O. The molecule has 0 saturated carbocycles. The van der Waals surface area contributed by atoms with Gasteiger partial charge in [-0.25, -0.2) is 0 Å². The molecule has 4 rings (SSSR count). The van der Waals surface area contributed by atoms with Crippen molar-refractivity contribution in [1.82, 2.24) is 36.4 Å². The van der Waals surface area contributed by atoms with Crippen LogP contribution in [0.15, 0.2) is 18.2 Å². The first kappa shape index (κ1) is 47.9. The second kappa shape index (κ2) is 20.2. The van der Waals surface area contributed by atoms with Gasteiger partial charge in [-0.3, -0.25) is 33.6 Å². The van der Waals surface area contributed by atoms with Crippen molar-refractivity contribution in [3.8, 4) is 0 Å². The number of aliphatic hydroxyl groups excluding tert-OH is 6. The molecule has 3 saturated heterocycles. The van der Waals surface area contributed by atoms with Crippen molar-refractivity contribution >= 4 is 41.4 Å². The van der Waals surface area contributed by atoms with E-state index in [1.807, 2.05) is 13.8 Å². The minimum Gasteiger partial charge on any atom is -0.391 e. The molecule has 14 unspecified atom stereocenters. The summed E-state index contributed by atoms with van der Waals surface area (Å²) in [6.07, 6.45) is -11.1. The molecule has 21 nitrogen and oxygen atoms in total. The van der Waals surface area contributed by atoms with Gasteiger partial charge in [0.2, 0.25) is 41.4 Å². The molecule has 0 aromatic heterocycles. The second-order valence-corrected chi connectivity index (χ2v) is 16.3. The average Bonchev–Trinajstić information content (AvgIpc) is 3.73. The number of primary amides is 1. The Kier molecular flexibility index (Phi) is 16.1. The Balaban J connectivity index is 1.85. The molecular weight excluding hydrogens is 788 g/mol. The fraction of sp³-hybridized carbons (Fsp3) is 0.667. The lowest BCUT2D eigenvalue weighted by Gasteiger charge is -2.34. The van der Waals surface area contributed by atoms with Gasteiger partial charge in [0.1, 0.15) is 30.2 Å². The summed E-state index contributed by atoms with van der Waals surface area (Å²) in [5.41, 5.74) is 7.67. The van der Waals surface area contributed by atoms with Crippen molar-refractivity contribution in [3.05, 3.63) is 34.9 Å². The van der Waals surface area contributed by atoms with E-state index < -0.39 is 146 Å². The number of β-amino-alcohol motifs (C(OH)–C–C–N with tert-alkyl or cyclic N) is 1. The molecule has 7 amide bonds. The number of nitrogens with one attached hydrogen (secondary N) is 5. The van der Waals surface area contributed by atoms with Gasteiger partial charge in [0.15, 0.2) is 0 Å². The van der Waals surface area contributed by atoms with Crippen LogP contribution >= 0.6 is 0 Å². The highest BCUT2D eigenvalue weighted by Crippen LogP contribution is 2.28. The molecule has 0 bridgehead atoms. The van der Waals surface area contributed by atoms with E-state index in [1.54, 1.807) is 25.1 Å². The smallest absolute Gasteiger partial charge is 0.248 e. The number of nitrogens with two attached hydrogens (primary N) is 1. The molecule has 1 aromatic rings. The van der Waals surface area contributed by atoms with E-state index in [1.165, 1.54) is 20.9 Å². The summed E-state index contributed by atoms with van der Waals surface area (Å²) < 4.78 is 0. The Hall–Kier alpha value is -4.77. The number of hydrogen-bond donors (Lipinski definition) is 12. The predicted octanol–water partition coefficient (Wildman–Crippen LogP) is -5.52. The molecule has 3 aliphatic heterocycles. The summed E-state index contributed by atoms with van der Waals surface area (Å²) in [6, 6.07) is -4.79. The average molecular weight is 849 g/mol. The number of fused-ring (bicyclic) bond motifs is 2. The molecule has 21 heteroatoms. The monoisotopic (exact) mass is 848 g/mol. The van der Waals surface area contributed by atoms with Crippen LogP contribution in [0.2, 0.25) is 0 Å². The van der Waals surface area contributed by atoms with E-state index in [-0.39, 0.29) is 19.4 Å². The quantitative estimate of drug-likeness (QED) is 0.116. The molecule has 334 valence electrons. The van der Waals surface area contributed by atoms with Crippen LogP contribution in [-0.2, 0) is 33.6 Å². The van der Waals surface area contributed by atoms with E-state index in [4.69, 9.17) is 5.73 Å². The van der Waals surface area contributed by atoms with Gasteiger partial charge >= 0.3 is 0 Å². The minimum atomic E-state index is -2.05. The number of aliphatic hydroxyl groups is 6. The van der Waals surface area contributed by atoms with Gasteiger partial charge in [-0.15, -0.1) is 0 Å². The molecule has 14 atom stereocenters. The maximum Gasteiger partial charge on any atom is 0.248 e. The Bertz CT molecular complexity index is 1780. The van der Waals surface area contributed by atoms with Crippen LogP contribution in [0.25, 0.3) is 0 Å². The van der Waals surface area contributed by atoms with E-state index in [0.717, 1.165) is 20.9 Å². The highest BCUT2D eigenvalue weighted by Gasteiger charge is 2.50. The third-order valence-corrected chi connectivity index (χ3v) is 11.7. The molecule has 60 heavy (non-hydrogen) atoms. The largest absolute Gasteiger partial charge is 0.391 e. The van der Waals surface area contributed by atoms with E-state index in [0.29, 0.717) is 5.56 Å². The molecule has 1 aromatic carbocycles. The summed E-state index contributed by atoms with van der Waals surface area (Å²) in [5.74, 6) is -8.95. The van der Waals surface area contributed by atoms with Gasteiger partial charge in [0, 0.05) is 37.9 Å². The van der Waals surface area contributed by atoms with Gasteiger partial charge in [-0.05, 0) is 50.9 Å². The maximum absolute atomic E-state index is 14.4. The number of amides is 7. The van der Waals surface area contributed by atoms with Gasteiger partial charge in [-0.2, -0.15) is 0 Å². The fourth-order valence-corrected chi connectivity index (χ4v) is 7.87. The Morgan fingerprint density at radius 3 is 2.03 bits per heavy atom. The topological polar surface area (TPSA) is 334 Å². The van der Waals surface area contributed by atoms with Crippen molar-refractivity contribution in [3.63, 3.8) is 0 Å². The fourth-order valence-electron chi connectivity index (χ4n) is 7.87. The highest BCUT2D eigenvalue weighted by atomic mass is 16.3. The van der Waals surface area contributed by atoms with Crippen LogP contribution in [0.4, 0.5) is 0 Å². The minimum absolute atomic E-state index is 0.275. The van der Waals surface area contributed by atoms with Gasteiger partial charge in [0.25, 0.3) is 0 Å². The lowest BCUT2D eigenvalue weighted by atomic mass is 9.88. The summed E-state index contributed by atoms with van der Waals surface area (Å²) in [4.78, 5) is 98.0. The zero-order chi connectivity index (χ0) is 44.9. The predicted molar refractivity (Wildman–Crippen MR) is 211 cm³/mol. The van der Waals surface area contributed by atoms with Crippen molar-refractivity contribution < 1.29 is 64.2 Å². The van der Waals surface area contributed by atoms with Crippen LogP contribution in [0.3, 0.4) is 0 Å². The number of likely N-dealkylation sites (N-methyl/N-ethyl adjacent to an activating group) is 1. The summed E-state index contributed by atoms with van der Waals surface area (Å²) in [7, 11) is 1.39. The van der Waals surface area contributed by atoms with Gasteiger partial charge in [0.05, 0.1) is 49.1 Å². The van der Waals surface area contributed by atoms with Crippen molar-refractivity contribution in [2.45, 2.75) is 133 Å². The molecule has 0 spiro atoms. The summed E-state index contributed by atoms with van der Waals surface area (Å²) in [6.45, 7) is 6.80. The zero-order valence-corrected chi connectivity index (χ0v) is 34.6. The molecule has 0 aliphatic carbocycles. The molecule has 0 radical (unpaired) electrons. The van der Waals surface area contributed by atoms with E-state index >= 15 is 0 Å². The van der Waals surface area contributed by atoms with Crippen LogP contribution in [-0.4, -0.2) is 181 Å². The Morgan fingerprint density at radius 1 is 0.817 bits per heavy atom. The molecular formula is C39H60N8O13. The first-order chi connectivity index (χ1) is 28.1. The van der Waals surface area contributed by atoms with Crippen molar-refractivity contribution in [2.75, 3.05) is 26.7 Å². The van der Waals surface area contributed by atoms with Crippen LogP contribution < -0.4 is 32.3 Å². The highest BCUT2D eigenvalue weighted by molar-refractivity contribution is 5.98. The summed E-state index contributed by atoms with van der Waals surface area (Å²) >= 11 is 0. The Morgan fingerprint density at radius 2 is 1.43 bits per heavy atom. The van der Waals surface area contributed by atoms with E-state index in [9.17, 15) is 64.2 Å². The molecule has 13 N–H and O–H groups in total. The van der Waals surface area contributed by atoms with Gasteiger partial charge < -0.3 is 72.8 Å². The van der Waals surface area contributed by atoms with Crippen molar-refractivity contribution in [2.24, 2.45) is 11.7 Å². The maximum atomic E-state index is 14.4. The third kappa shape index (κ3) is 10.9. The van der Waals surface area contributed by atoms with E-state index in [2.05, 4.69) is 26.6 Å². The number of carbonyl (C=O) groups is 7. The number of carbonyl (C=O) groups excluding carboxylic acids is 7. The molecule has 3 fully saturated rings. The number of rotatable bonds is 8. The van der Waals surface area contributed by atoms with Crippen LogP contribution in [0, 0.1) is 19.8 Å². The van der Waals surface area contributed by atoms with Crippen molar-refractivity contribution in [1.29, 1.82) is 0 Å². The van der Waals surface area contributed by atoms with Crippen LogP contribution in [0.5, 0.6) is 0 Å². The molecule has 3 aliphatic rings. The first-order valence-corrected chi connectivity index (χ1v) is 20.0. The first-order valence-electron chi connectivity index (χ1n) is 20.0. The lowest BCUT2D eigenvalue weighted by Crippen LogP contribution is -2.64. The van der Waals surface area contributed by atoms with Gasteiger partial charge in [-0.1, -0.05) is 32.0 Å². The standard InChI is InChI=1S/C39H60N8O13/c1-16-7-8-21(9-17(16)2)19(4)33(54)30-36(57)44-29(26(51)12-27(40)52)39(60)47-14-18(3)32(53)31(47)37(58)42-13-22(49)10-24(41-6)34(55)43-28(20(5)48)38(59)46-15-23(50)11-25(46)35(56)45-30/h7-9,18-20,22-26,28-33,41,48-51,53-54H,10-15H2,1-6H3,(H2,40,52)(H,42,58)(H,43,55)(H,44,57)(H,45,56). The zero-order valence-electron chi connectivity index (χ0n) is 34.6. The molecule has 3 heterocycles. The number of nitrogens with zero attached hydrogens (tertiary/aromatic N) is 2. The lowest BCUT2D eigenvalue weighted by molar-refractivity contribution is -0.147. The third-order valence-electron chi connectivity index (χ3n) is 11.7. The normalized spacial score (nSPS) is 32.3. The Labute approximate surface area is 347 Å². The number of benzene rings is 1. The summed E-state index contributed by atoms with van der Waals surface area (Å²) in [5, 5.41) is 78.8. The van der Waals surface area contributed by atoms with Crippen LogP contribution in [0.1, 0.15) is 62.6 Å². The number of aryl methyl sites for hydroxylation is 2. The second-order valence-electron chi connectivity index (χ2n) is 16.3.